The number of nitrogens with two attached hydrogens (primary N) is 1. The fourth-order valence-electron chi connectivity index (χ4n) is 2.43. The van der Waals surface area contributed by atoms with Crippen molar-refractivity contribution in [3.8, 4) is 0 Å². The summed E-state index contributed by atoms with van der Waals surface area (Å²) in [6, 6.07) is -0.0127. The van der Waals surface area contributed by atoms with Crippen molar-refractivity contribution in [3.63, 3.8) is 0 Å². The zero-order valence-corrected chi connectivity index (χ0v) is 11.4. The maximum absolute atomic E-state index is 12.2. The normalized spacial score (nSPS) is 28.0. The Hall–Kier alpha value is -0.610. The number of amides is 1. The number of carbonyl (C=O) groups excluding carboxylic acids is 1. The third-order valence-electron chi connectivity index (χ3n) is 3.41. The number of piperidine rings is 1. The van der Waals surface area contributed by atoms with Gasteiger partial charge in [-0.3, -0.25) is 4.79 Å². The van der Waals surface area contributed by atoms with Gasteiger partial charge in [-0.1, -0.05) is 27.7 Å². The summed E-state index contributed by atoms with van der Waals surface area (Å²) in [4.78, 5) is 14.0. The summed E-state index contributed by atoms with van der Waals surface area (Å²) in [7, 11) is 0. The van der Waals surface area contributed by atoms with Gasteiger partial charge in [-0.2, -0.15) is 0 Å². The Balaban J connectivity index is 2.72. The van der Waals surface area contributed by atoms with Crippen molar-refractivity contribution >= 4 is 5.91 Å². The molecule has 0 radical (unpaired) electrons. The molecule has 1 saturated heterocycles. The second-order valence-electron chi connectivity index (χ2n) is 6.19. The van der Waals surface area contributed by atoms with Crippen molar-refractivity contribution in [2.75, 3.05) is 13.1 Å². The summed E-state index contributed by atoms with van der Waals surface area (Å²) >= 11 is 0. The third-order valence-corrected chi connectivity index (χ3v) is 3.41. The minimum Gasteiger partial charge on any atom is -0.393 e. The van der Waals surface area contributed by atoms with Crippen molar-refractivity contribution in [1.82, 2.24) is 4.90 Å². The van der Waals surface area contributed by atoms with E-state index in [0.717, 1.165) is 12.8 Å². The van der Waals surface area contributed by atoms with E-state index in [1.807, 2.05) is 32.6 Å². The van der Waals surface area contributed by atoms with Crippen LogP contribution in [0.2, 0.25) is 0 Å². The molecule has 4 nitrogen and oxygen atoms in total. The SMILES string of the molecule is CCC(O)C1CC(N)CN(C(=O)C(C)(C)C)C1. The van der Waals surface area contributed by atoms with Gasteiger partial charge in [0.25, 0.3) is 0 Å². The molecule has 0 aliphatic carbocycles. The van der Waals surface area contributed by atoms with E-state index in [1.54, 1.807) is 0 Å². The van der Waals surface area contributed by atoms with Gasteiger partial charge in [-0.25, -0.2) is 0 Å². The fraction of sp³-hybridized carbons (Fsp3) is 0.923. The Kier molecular flexibility index (Phi) is 4.55. The third kappa shape index (κ3) is 3.68. The lowest BCUT2D eigenvalue weighted by molar-refractivity contribution is -0.142. The zero-order chi connectivity index (χ0) is 13.2. The maximum atomic E-state index is 12.2. The lowest BCUT2D eigenvalue weighted by Crippen LogP contribution is -2.54. The summed E-state index contributed by atoms with van der Waals surface area (Å²) in [5, 5.41) is 9.91. The molecule has 0 saturated carbocycles. The molecule has 100 valence electrons. The number of nitrogens with zero attached hydrogens (tertiary/aromatic N) is 1. The predicted molar refractivity (Wildman–Crippen MR) is 68.4 cm³/mol. The van der Waals surface area contributed by atoms with Crippen LogP contribution >= 0.6 is 0 Å². The standard InChI is InChI=1S/C13H26N2O2/c1-5-11(16)9-6-10(14)8-15(7-9)12(17)13(2,3)4/h9-11,16H,5-8,14H2,1-4H3. The van der Waals surface area contributed by atoms with E-state index in [-0.39, 0.29) is 29.4 Å². The van der Waals surface area contributed by atoms with E-state index in [2.05, 4.69) is 0 Å². The second-order valence-corrected chi connectivity index (χ2v) is 6.19. The highest BCUT2D eigenvalue weighted by molar-refractivity contribution is 5.81. The summed E-state index contributed by atoms with van der Waals surface area (Å²) in [5.74, 6) is 0.246. The summed E-state index contributed by atoms with van der Waals surface area (Å²) in [6.07, 6.45) is 1.18. The van der Waals surface area contributed by atoms with Crippen molar-refractivity contribution in [2.24, 2.45) is 17.1 Å². The molecule has 1 fully saturated rings. The van der Waals surface area contributed by atoms with Gasteiger partial charge >= 0.3 is 0 Å². The van der Waals surface area contributed by atoms with Crippen LogP contribution in [0.25, 0.3) is 0 Å². The van der Waals surface area contributed by atoms with Gasteiger partial charge in [0.15, 0.2) is 0 Å². The number of carbonyl (C=O) groups is 1. The van der Waals surface area contributed by atoms with Gasteiger partial charge in [-0.05, 0) is 12.8 Å². The molecule has 4 heteroatoms. The minimum absolute atomic E-state index is 0.0127. The first-order chi connectivity index (χ1) is 7.75. The topological polar surface area (TPSA) is 66.6 Å². The molecule has 1 rings (SSSR count). The van der Waals surface area contributed by atoms with Crippen molar-refractivity contribution in [2.45, 2.75) is 52.7 Å². The van der Waals surface area contributed by atoms with Crippen LogP contribution in [0.5, 0.6) is 0 Å². The lowest BCUT2D eigenvalue weighted by atomic mass is 9.86. The first kappa shape index (κ1) is 14.5. The predicted octanol–water partition coefficient (Wildman–Crippen LogP) is 0.979. The molecular weight excluding hydrogens is 216 g/mol. The summed E-state index contributed by atoms with van der Waals surface area (Å²) in [6.45, 7) is 8.96. The molecule has 1 amide bonds. The van der Waals surface area contributed by atoms with Crippen LogP contribution in [0.4, 0.5) is 0 Å². The van der Waals surface area contributed by atoms with E-state index in [0.29, 0.717) is 13.1 Å². The van der Waals surface area contributed by atoms with Crippen molar-refractivity contribution in [1.29, 1.82) is 0 Å². The molecule has 1 aliphatic rings. The smallest absolute Gasteiger partial charge is 0.228 e. The van der Waals surface area contributed by atoms with Gasteiger partial charge in [0.05, 0.1) is 6.10 Å². The molecule has 3 N–H and O–H groups in total. The maximum Gasteiger partial charge on any atom is 0.228 e. The van der Waals surface area contributed by atoms with Crippen LogP contribution in [-0.4, -0.2) is 41.1 Å². The number of hydrogen-bond donors (Lipinski definition) is 2. The molecule has 3 unspecified atom stereocenters. The monoisotopic (exact) mass is 242 g/mol. The van der Waals surface area contributed by atoms with Crippen molar-refractivity contribution < 1.29 is 9.90 Å². The average molecular weight is 242 g/mol. The van der Waals surface area contributed by atoms with Crippen LogP contribution in [0.3, 0.4) is 0 Å². The molecule has 3 atom stereocenters. The van der Waals surface area contributed by atoms with Gasteiger partial charge in [0, 0.05) is 30.5 Å². The Labute approximate surface area is 104 Å². The van der Waals surface area contributed by atoms with E-state index >= 15 is 0 Å². The summed E-state index contributed by atoms with van der Waals surface area (Å²) < 4.78 is 0. The highest BCUT2D eigenvalue weighted by Crippen LogP contribution is 2.25. The van der Waals surface area contributed by atoms with Crippen LogP contribution in [0, 0.1) is 11.3 Å². The number of rotatable bonds is 2. The van der Waals surface area contributed by atoms with Crippen molar-refractivity contribution in [3.05, 3.63) is 0 Å². The van der Waals surface area contributed by atoms with Crippen LogP contribution in [0.1, 0.15) is 40.5 Å². The zero-order valence-electron chi connectivity index (χ0n) is 11.4. The highest BCUT2D eigenvalue weighted by Gasteiger charge is 2.35. The molecule has 0 aromatic carbocycles. The Morgan fingerprint density at radius 3 is 2.53 bits per heavy atom. The number of hydrogen-bond acceptors (Lipinski definition) is 3. The van der Waals surface area contributed by atoms with Gasteiger partial charge in [0.2, 0.25) is 5.91 Å². The van der Waals surface area contributed by atoms with Gasteiger partial charge in [0.1, 0.15) is 0 Å². The Morgan fingerprint density at radius 2 is 2.06 bits per heavy atom. The first-order valence-electron chi connectivity index (χ1n) is 6.48. The van der Waals surface area contributed by atoms with Crippen LogP contribution in [0.15, 0.2) is 0 Å². The Morgan fingerprint density at radius 1 is 1.47 bits per heavy atom. The number of aliphatic hydroxyl groups is 1. The molecule has 0 bridgehead atoms. The Bertz CT molecular complexity index is 273. The number of likely N-dealkylation sites (tertiary alicyclic amines) is 1. The first-order valence-corrected chi connectivity index (χ1v) is 6.48. The fourth-order valence-corrected chi connectivity index (χ4v) is 2.43. The van der Waals surface area contributed by atoms with Gasteiger partial charge in [-0.15, -0.1) is 0 Å². The summed E-state index contributed by atoms with van der Waals surface area (Å²) in [5.41, 5.74) is 5.61. The number of aliphatic hydroxyl groups excluding tert-OH is 1. The van der Waals surface area contributed by atoms with E-state index in [1.165, 1.54) is 0 Å². The molecule has 0 spiro atoms. The highest BCUT2D eigenvalue weighted by atomic mass is 16.3. The molecule has 17 heavy (non-hydrogen) atoms. The van der Waals surface area contributed by atoms with Crippen LogP contribution < -0.4 is 5.73 Å². The quantitative estimate of drug-likeness (QED) is 0.758. The average Bonchev–Trinajstić information content (AvgIpc) is 2.24. The van der Waals surface area contributed by atoms with E-state index in [4.69, 9.17) is 5.73 Å². The second kappa shape index (κ2) is 5.36. The van der Waals surface area contributed by atoms with Crippen LogP contribution in [-0.2, 0) is 4.79 Å². The molecule has 0 aromatic rings. The molecule has 0 aromatic heterocycles. The van der Waals surface area contributed by atoms with Gasteiger partial charge < -0.3 is 15.7 Å². The molecule has 1 heterocycles. The molecule has 1 aliphatic heterocycles. The van der Waals surface area contributed by atoms with E-state index in [9.17, 15) is 9.90 Å². The van der Waals surface area contributed by atoms with E-state index < -0.39 is 0 Å². The molecular formula is C13H26N2O2. The lowest BCUT2D eigenvalue weighted by Gasteiger charge is -2.40. The largest absolute Gasteiger partial charge is 0.393 e. The minimum atomic E-state index is -0.376.